The molecular formula is C16H20ClN3O2. The van der Waals surface area contributed by atoms with Crippen molar-refractivity contribution in [3.05, 3.63) is 34.9 Å². The zero-order chi connectivity index (χ0) is 15.5. The molecule has 0 spiro atoms. The quantitative estimate of drug-likeness (QED) is 0.888. The molecule has 0 bridgehead atoms. The summed E-state index contributed by atoms with van der Waals surface area (Å²) in [6, 6.07) is 7.91. The fourth-order valence-electron chi connectivity index (χ4n) is 2.57. The Hall–Kier alpha value is -1.59. The van der Waals surface area contributed by atoms with Crippen molar-refractivity contribution in [3.8, 4) is 0 Å². The predicted molar refractivity (Wildman–Crippen MR) is 84.5 cm³/mol. The second kappa shape index (κ2) is 6.67. The van der Waals surface area contributed by atoms with E-state index in [1.807, 2.05) is 34.1 Å². The Balaban J connectivity index is 1.48. The van der Waals surface area contributed by atoms with Gasteiger partial charge in [-0.1, -0.05) is 23.7 Å². The fourth-order valence-corrected chi connectivity index (χ4v) is 2.70. The van der Waals surface area contributed by atoms with Crippen molar-refractivity contribution in [1.82, 2.24) is 15.1 Å². The summed E-state index contributed by atoms with van der Waals surface area (Å²) in [5.41, 5.74) is 1.07. The van der Waals surface area contributed by atoms with Crippen molar-refractivity contribution in [2.45, 2.75) is 25.4 Å². The molecule has 2 aliphatic rings. The summed E-state index contributed by atoms with van der Waals surface area (Å²) in [5, 5.41) is 3.65. The second-order valence-electron chi connectivity index (χ2n) is 5.99. The van der Waals surface area contributed by atoms with Crippen LogP contribution in [0.3, 0.4) is 0 Å². The van der Waals surface area contributed by atoms with Crippen LogP contribution in [0.25, 0.3) is 0 Å². The molecule has 0 unspecified atom stereocenters. The van der Waals surface area contributed by atoms with Gasteiger partial charge in [-0.2, -0.15) is 0 Å². The molecule has 1 saturated heterocycles. The van der Waals surface area contributed by atoms with Crippen LogP contribution in [-0.4, -0.2) is 53.8 Å². The van der Waals surface area contributed by atoms with Gasteiger partial charge in [0.1, 0.15) is 0 Å². The van der Waals surface area contributed by atoms with Crippen LogP contribution in [0, 0.1) is 0 Å². The van der Waals surface area contributed by atoms with Crippen molar-refractivity contribution in [2.24, 2.45) is 0 Å². The van der Waals surface area contributed by atoms with E-state index >= 15 is 0 Å². The lowest BCUT2D eigenvalue weighted by Gasteiger charge is -2.34. The molecule has 1 heterocycles. The number of rotatable bonds is 5. The third-order valence-electron chi connectivity index (χ3n) is 3.99. The van der Waals surface area contributed by atoms with Gasteiger partial charge in [0.2, 0.25) is 11.8 Å². The van der Waals surface area contributed by atoms with E-state index in [9.17, 15) is 9.59 Å². The normalized spacial score (nSPS) is 19.3. The third kappa shape index (κ3) is 4.21. The molecule has 118 valence electrons. The molecule has 2 fully saturated rings. The lowest BCUT2D eigenvalue weighted by molar-refractivity contribution is -0.137. The topological polar surface area (TPSA) is 52.7 Å². The number of benzene rings is 1. The van der Waals surface area contributed by atoms with E-state index in [0.29, 0.717) is 37.2 Å². The third-order valence-corrected chi connectivity index (χ3v) is 4.25. The number of piperazine rings is 1. The van der Waals surface area contributed by atoms with Crippen LogP contribution in [0.1, 0.15) is 18.4 Å². The Bertz CT molecular complexity index is 557. The molecule has 0 radical (unpaired) electrons. The summed E-state index contributed by atoms with van der Waals surface area (Å²) in [7, 11) is 0. The number of carbonyl (C=O) groups is 2. The molecule has 1 aromatic rings. The molecule has 1 N–H and O–H groups in total. The molecular weight excluding hydrogens is 302 g/mol. The van der Waals surface area contributed by atoms with Crippen molar-refractivity contribution in [2.75, 3.05) is 26.2 Å². The summed E-state index contributed by atoms with van der Waals surface area (Å²) in [4.78, 5) is 27.7. The Kier molecular flexibility index (Phi) is 4.64. The molecule has 6 heteroatoms. The van der Waals surface area contributed by atoms with Gasteiger partial charge in [-0.3, -0.25) is 14.5 Å². The first kappa shape index (κ1) is 15.3. The highest BCUT2D eigenvalue weighted by Gasteiger charge is 2.27. The van der Waals surface area contributed by atoms with Crippen LogP contribution in [-0.2, 0) is 16.1 Å². The van der Waals surface area contributed by atoms with Crippen LogP contribution >= 0.6 is 11.6 Å². The highest BCUT2D eigenvalue weighted by Crippen LogP contribution is 2.18. The van der Waals surface area contributed by atoms with Crippen LogP contribution in [0.2, 0.25) is 5.02 Å². The SMILES string of the molecule is O=C(CN1CCN(Cc2ccc(Cl)cc2)C(=O)C1)NC1CC1. The molecule has 1 aliphatic carbocycles. The van der Waals surface area contributed by atoms with Crippen LogP contribution < -0.4 is 5.32 Å². The minimum absolute atomic E-state index is 0.0291. The average molecular weight is 322 g/mol. The van der Waals surface area contributed by atoms with E-state index in [1.165, 1.54) is 0 Å². The first-order valence-corrected chi connectivity index (χ1v) is 8.02. The summed E-state index contributed by atoms with van der Waals surface area (Å²) >= 11 is 5.87. The van der Waals surface area contributed by atoms with E-state index in [1.54, 1.807) is 0 Å². The molecule has 0 aromatic heterocycles. The molecule has 3 rings (SSSR count). The predicted octanol–water partition coefficient (Wildman–Crippen LogP) is 1.26. The molecule has 1 aromatic carbocycles. The standard InChI is InChI=1S/C16H20ClN3O2/c17-13-3-1-12(2-4-13)9-20-8-7-19(11-16(20)22)10-15(21)18-14-5-6-14/h1-4,14H,5-11H2,(H,18,21). The lowest BCUT2D eigenvalue weighted by Crippen LogP contribution is -2.52. The van der Waals surface area contributed by atoms with Gasteiger partial charge in [-0.15, -0.1) is 0 Å². The number of carbonyl (C=O) groups excluding carboxylic acids is 2. The summed E-state index contributed by atoms with van der Waals surface area (Å²) in [5.74, 6) is 0.0990. The molecule has 0 atom stereocenters. The Morgan fingerprint density at radius 2 is 1.95 bits per heavy atom. The molecule has 22 heavy (non-hydrogen) atoms. The van der Waals surface area contributed by atoms with Gasteiger partial charge in [0.25, 0.3) is 0 Å². The van der Waals surface area contributed by atoms with E-state index in [-0.39, 0.29) is 11.8 Å². The van der Waals surface area contributed by atoms with Gasteiger partial charge in [0.15, 0.2) is 0 Å². The minimum atomic E-state index is 0.0291. The first-order chi connectivity index (χ1) is 10.6. The highest BCUT2D eigenvalue weighted by atomic mass is 35.5. The van der Waals surface area contributed by atoms with Crippen molar-refractivity contribution in [1.29, 1.82) is 0 Å². The fraction of sp³-hybridized carbons (Fsp3) is 0.500. The molecule has 5 nitrogen and oxygen atoms in total. The van der Waals surface area contributed by atoms with Crippen molar-refractivity contribution >= 4 is 23.4 Å². The van der Waals surface area contributed by atoms with Crippen molar-refractivity contribution < 1.29 is 9.59 Å². The van der Waals surface area contributed by atoms with E-state index in [4.69, 9.17) is 11.6 Å². The maximum atomic E-state index is 12.2. The molecule has 2 amide bonds. The number of hydrogen-bond donors (Lipinski definition) is 1. The van der Waals surface area contributed by atoms with Gasteiger partial charge in [-0.25, -0.2) is 0 Å². The van der Waals surface area contributed by atoms with Gasteiger partial charge in [0.05, 0.1) is 13.1 Å². The highest BCUT2D eigenvalue weighted by molar-refractivity contribution is 6.30. The second-order valence-corrected chi connectivity index (χ2v) is 6.43. The van der Waals surface area contributed by atoms with Crippen molar-refractivity contribution in [3.63, 3.8) is 0 Å². The maximum absolute atomic E-state index is 12.2. The number of amides is 2. The van der Waals surface area contributed by atoms with Gasteiger partial charge in [-0.05, 0) is 30.5 Å². The van der Waals surface area contributed by atoms with Crippen LogP contribution in [0.15, 0.2) is 24.3 Å². The van der Waals surface area contributed by atoms with Gasteiger partial charge < -0.3 is 10.2 Å². The zero-order valence-electron chi connectivity index (χ0n) is 12.4. The Morgan fingerprint density at radius 1 is 1.23 bits per heavy atom. The number of halogens is 1. The van der Waals surface area contributed by atoms with E-state index in [0.717, 1.165) is 24.9 Å². The van der Waals surface area contributed by atoms with Crippen LogP contribution in [0.5, 0.6) is 0 Å². The monoisotopic (exact) mass is 321 g/mol. The van der Waals surface area contributed by atoms with Gasteiger partial charge >= 0.3 is 0 Å². The summed E-state index contributed by atoms with van der Waals surface area (Å²) in [6.07, 6.45) is 2.17. The van der Waals surface area contributed by atoms with Crippen LogP contribution in [0.4, 0.5) is 0 Å². The smallest absolute Gasteiger partial charge is 0.237 e. The average Bonchev–Trinajstić information content (AvgIpc) is 3.28. The maximum Gasteiger partial charge on any atom is 0.237 e. The summed E-state index contributed by atoms with van der Waals surface area (Å²) < 4.78 is 0. The number of hydrogen-bond acceptors (Lipinski definition) is 3. The number of nitrogens with one attached hydrogen (secondary N) is 1. The Labute approximate surface area is 135 Å². The van der Waals surface area contributed by atoms with E-state index in [2.05, 4.69) is 5.32 Å². The Morgan fingerprint density at radius 3 is 2.59 bits per heavy atom. The van der Waals surface area contributed by atoms with E-state index < -0.39 is 0 Å². The van der Waals surface area contributed by atoms with Gasteiger partial charge in [0, 0.05) is 30.7 Å². The lowest BCUT2D eigenvalue weighted by atomic mass is 10.2. The number of nitrogens with zero attached hydrogens (tertiary/aromatic N) is 2. The minimum Gasteiger partial charge on any atom is -0.352 e. The molecule has 1 saturated carbocycles. The first-order valence-electron chi connectivity index (χ1n) is 7.64. The zero-order valence-corrected chi connectivity index (χ0v) is 13.2. The largest absolute Gasteiger partial charge is 0.352 e. The summed E-state index contributed by atoms with van der Waals surface area (Å²) in [6.45, 7) is 2.61. The molecule has 1 aliphatic heterocycles.